The van der Waals surface area contributed by atoms with Crippen LogP contribution in [0.15, 0.2) is 109 Å². The van der Waals surface area contributed by atoms with Crippen LogP contribution in [0.2, 0.25) is 0 Å². The highest BCUT2D eigenvalue weighted by molar-refractivity contribution is 5.64. The Morgan fingerprint density at radius 2 is 0.800 bits per heavy atom. The molecule has 152 valence electrons. The van der Waals surface area contributed by atoms with Gasteiger partial charge in [-0.2, -0.15) is 0 Å². The van der Waals surface area contributed by atoms with Crippen LogP contribution in [0.1, 0.15) is 50.7 Å². The fraction of sp³-hybridized carbons (Fsp3) is 0.200. The van der Waals surface area contributed by atoms with E-state index in [0.29, 0.717) is 11.8 Å². The normalized spacial score (nSPS) is 10.6. The van der Waals surface area contributed by atoms with Crippen molar-refractivity contribution in [2.75, 3.05) is 0 Å². The van der Waals surface area contributed by atoms with Gasteiger partial charge in [0.25, 0.3) is 0 Å². The summed E-state index contributed by atoms with van der Waals surface area (Å²) in [7, 11) is 0. The highest BCUT2D eigenvalue weighted by Crippen LogP contribution is 2.24. The molecule has 0 unspecified atom stereocenters. The van der Waals surface area contributed by atoms with Gasteiger partial charge in [-0.05, 0) is 45.2 Å². The Hall–Kier alpha value is -3.12. The van der Waals surface area contributed by atoms with Crippen molar-refractivity contribution in [3.05, 3.63) is 120 Å². The largest absolute Gasteiger partial charge is 0.0622 e. The van der Waals surface area contributed by atoms with Crippen molar-refractivity contribution in [2.45, 2.75) is 39.5 Å². The van der Waals surface area contributed by atoms with Crippen molar-refractivity contribution in [3.8, 4) is 22.3 Å². The van der Waals surface area contributed by atoms with Gasteiger partial charge in [0, 0.05) is 0 Å². The quantitative estimate of drug-likeness (QED) is 0.325. The van der Waals surface area contributed by atoms with Crippen LogP contribution >= 0.6 is 0 Å². The predicted molar refractivity (Wildman–Crippen MR) is 132 cm³/mol. The SMILES string of the molecule is CC(C)c1ccc(-c2ccccc2)cc1.CC(C)c1cccc(-c2ccccc2)c1. The maximum Gasteiger partial charge on any atom is -0.0181 e. The Kier molecular flexibility index (Phi) is 7.63. The molecular weight excluding hydrogens is 360 g/mol. The first-order valence-corrected chi connectivity index (χ1v) is 10.9. The molecule has 0 atom stereocenters. The minimum absolute atomic E-state index is 0.591. The molecule has 0 aliphatic rings. The number of benzene rings is 4. The Bertz CT molecular complexity index is 1010. The molecule has 0 spiro atoms. The van der Waals surface area contributed by atoms with Crippen LogP contribution in [0, 0.1) is 0 Å². The third-order valence-corrected chi connectivity index (χ3v) is 5.34. The predicted octanol–water partition coefficient (Wildman–Crippen LogP) is 8.95. The van der Waals surface area contributed by atoms with Crippen LogP contribution in [-0.2, 0) is 0 Å². The maximum atomic E-state index is 2.28. The lowest BCUT2D eigenvalue weighted by Crippen LogP contribution is -1.87. The zero-order chi connectivity index (χ0) is 21.3. The third kappa shape index (κ3) is 5.94. The zero-order valence-electron chi connectivity index (χ0n) is 18.5. The minimum atomic E-state index is 0.591. The van der Waals surface area contributed by atoms with Gasteiger partial charge in [0.05, 0.1) is 0 Å². The highest BCUT2D eigenvalue weighted by atomic mass is 14.1. The molecule has 0 aliphatic heterocycles. The molecule has 30 heavy (non-hydrogen) atoms. The fourth-order valence-electron chi connectivity index (χ4n) is 3.40. The molecule has 0 radical (unpaired) electrons. The smallest absolute Gasteiger partial charge is 0.0181 e. The van der Waals surface area contributed by atoms with Crippen molar-refractivity contribution in [3.63, 3.8) is 0 Å². The summed E-state index contributed by atoms with van der Waals surface area (Å²) in [5.41, 5.74) is 7.97. The van der Waals surface area contributed by atoms with Crippen LogP contribution < -0.4 is 0 Å². The van der Waals surface area contributed by atoms with E-state index < -0.39 is 0 Å². The molecule has 0 heterocycles. The van der Waals surface area contributed by atoms with E-state index in [1.165, 1.54) is 33.4 Å². The van der Waals surface area contributed by atoms with Gasteiger partial charge in [-0.15, -0.1) is 0 Å². The molecule has 0 aliphatic carbocycles. The second-order valence-corrected chi connectivity index (χ2v) is 8.29. The highest BCUT2D eigenvalue weighted by Gasteiger charge is 2.01. The van der Waals surface area contributed by atoms with E-state index in [2.05, 4.69) is 131 Å². The van der Waals surface area contributed by atoms with E-state index in [-0.39, 0.29) is 0 Å². The Morgan fingerprint density at radius 1 is 0.367 bits per heavy atom. The standard InChI is InChI=1S/2C15H16/c1-12(2)14-9-6-10-15(11-14)13-7-4-3-5-8-13;1-12(2)13-8-10-15(11-9-13)14-6-4-3-5-7-14/h2*3-12H,1-2H3. The second-order valence-electron chi connectivity index (χ2n) is 8.29. The Labute approximate surface area is 182 Å². The molecule has 0 saturated heterocycles. The van der Waals surface area contributed by atoms with E-state index in [0.717, 1.165) is 0 Å². The van der Waals surface area contributed by atoms with E-state index in [1.54, 1.807) is 0 Å². The van der Waals surface area contributed by atoms with E-state index in [9.17, 15) is 0 Å². The van der Waals surface area contributed by atoms with E-state index in [4.69, 9.17) is 0 Å². The molecule has 4 aromatic rings. The lowest BCUT2D eigenvalue weighted by atomic mass is 9.98. The summed E-state index contributed by atoms with van der Waals surface area (Å²) in [5, 5.41) is 0. The van der Waals surface area contributed by atoms with E-state index in [1.807, 2.05) is 6.07 Å². The van der Waals surface area contributed by atoms with Gasteiger partial charge in [0.2, 0.25) is 0 Å². The van der Waals surface area contributed by atoms with Gasteiger partial charge in [-0.1, -0.05) is 137 Å². The van der Waals surface area contributed by atoms with Gasteiger partial charge in [0.15, 0.2) is 0 Å². The van der Waals surface area contributed by atoms with Crippen LogP contribution in [0.25, 0.3) is 22.3 Å². The maximum absolute atomic E-state index is 2.28. The molecule has 4 rings (SSSR count). The zero-order valence-corrected chi connectivity index (χ0v) is 18.5. The average molecular weight is 393 g/mol. The molecule has 0 saturated carbocycles. The fourth-order valence-corrected chi connectivity index (χ4v) is 3.40. The monoisotopic (exact) mass is 392 g/mol. The summed E-state index contributed by atoms with van der Waals surface area (Å²) < 4.78 is 0. The van der Waals surface area contributed by atoms with Gasteiger partial charge in [0.1, 0.15) is 0 Å². The van der Waals surface area contributed by atoms with Crippen molar-refractivity contribution >= 4 is 0 Å². The third-order valence-electron chi connectivity index (χ3n) is 5.34. The van der Waals surface area contributed by atoms with Crippen LogP contribution in [-0.4, -0.2) is 0 Å². The minimum Gasteiger partial charge on any atom is -0.0622 e. The number of hydrogen-bond acceptors (Lipinski definition) is 0. The summed E-state index contributed by atoms with van der Waals surface area (Å²) in [6.45, 7) is 8.89. The Morgan fingerprint density at radius 3 is 1.30 bits per heavy atom. The van der Waals surface area contributed by atoms with E-state index >= 15 is 0 Å². The molecule has 0 heteroatoms. The summed E-state index contributed by atoms with van der Waals surface area (Å²) in [5.74, 6) is 1.20. The van der Waals surface area contributed by atoms with Crippen LogP contribution in [0.5, 0.6) is 0 Å². The molecule has 0 amide bonds. The summed E-state index contributed by atoms with van der Waals surface area (Å²) >= 11 is 0. The molecular formula is C30H32. The lowest BCUT2D eigenvalue weighted by molar-refractivity contribution is 0.867. The first-order chi connectivity index (χ1) is 14.5. The first kappa shape index (κ1) is 21.6. The van der Waals surface area contributed by atoms with Gasteiger partial charge < -0.3 is 0 Å². The van der Waals surface area contributed by atoms with Crippen molar-refractivity contribution in [2.24, 2.45) is 0 Å². The van der Waals surface area contributed by atoms with Crippen molar-refractivity contribution < 1.29 is 0 Å². The summed E-state index contributed by atoms with van der Waals surface area (Å²) in [4.78, 5) is 0. The van der Waals surface area contributed by atoms with Crippen LogP contribution in [0.3, 0.4) is 0 Å². The molecule has 4 aromatic carbocycles. The first-order valence-electron chi connectivity index (χ1n) is 10.9. The number of hydrogen-bond donors (Lipinski definition) is 0. The van der Waals surface area contributed by atoms with Crippen molar-refractivity contribution in [1.29, 1.82) is 0 Å². The average Bonchev–Trinajstić information content (AvgIpc) is 2.81. The Balaban J connectivity index is 0.000000171. The van der Waals surface area contributed by atoms with Gasteiger partial charge >= 0.3 is 0 Å². The lowest BCUT2D eigenvalue weighted by Gasteiger charge is -2.08. The van der Waals surface area contributed by atoms with Crippen LogP contribution in [0.4, 0.5) is 0 Å². The molecule has 0 nitrogen and oxygen atoms in total. The molecule has 0 bridgehead atoms. The molecule has 0 N–H and O–H groups in total. The molecule has 0 fully saturated rings. The summed E-state index contributed by atoms with van der Waals surface area (Å²) in [6, 6.07) is 38.6. The van der Waals surface area contributed by atoms with Crippen molar-refractivity contribution in [1.82, 2.24) is 0 Å². The number of rotatable bonds is 4. The second kappa shape index (κ2) is 10.6. The summed E-state index contributed by atoms with van der Waals surface area (Å²) in [6.07, 6.45) is 0. The molecule has 0 aromatic heterocycles. The van der Waals surface area contributed by atoms with Gasteiger partial charge in [-0.25, -0.2) is 0 Å². The topological polar surface area (TPSA) is 0 Å². The van der Waals surface area contributed by atoms with Gasteiger partial charge in [-0.3, -0.25) is 0 Å².